The smallest absolute Gasteiger partial charge is 0.342 e. The predicted octanol–water partition coefficient (Wildman–Crippen LogP) is 3.15. The lowest BCUT2D eigenvalue weighted by molar-refractivity contribution is -0.143. The summed E-state index contributed by atoms with van der Waals surface area (Å²) in [5, 5.41) is 4.58. The first-order valence-electron chi connectivity index (χ1n) is 9.75. The number of imide groups is 1. The van der Waals surface area contributed by atoms with E-state index < -0.39 is 18.5 Å². The Balaban J connectivity index is 1.60. The summed E-state index contributed by atoms with van der Waals surface area (Å²) in [4.78, 5) is 37.9. The Kier molecular flexibility index (Phi) is 5.43. The molecule has 4 rings (SSSR count). The van der Waals surface area contributed by atoms with Crippen LogP contribution in [0.2, 0.25) is 0 Å². The molecule has 0 radical (unpaired) electrons. The Morgan fingerprint density at radius 1 is 1.07 bits per heavy atom. The third kappa shape index (κ3) is 4.00. The van der Waals surface area contributed by atoms with Gasteiger partial charge in [0.15, 0.2) is 6.61 Å². The largest absolute Gasteiger partial charge is 0.452 e. The Bertz CT molecular complexity index is 1090. The summed E-state index contributed by atoms with van der Waals surface area (Å²) >= 11 is 0. The Morgan fingerprint density at radius 2 is 1.80 bits per heavy atom. The number of aromatic nitrogens is 2. The molecule has 0 unspecified atom stereocenters. The Morgan fingerprint density at radius 3 is 2.47 bits per heavy atom. The number of esters is 1. The zero-order valence-corrected chi connectivity index (χ0v) is 16.6. The van der Waals surface area contributed by atoms with Gasteiger partial charge in [-0.25, -0.2) is 9.48 Å². The first-order chi connectivity index (χ1) is 14.5. The van der Waals surface area contributed by atoms with Crippen molar-refractivity contribution in [1.29, 1.82) is 0 Å². The second kappa shape index (κ2) is 8.32. The van der Waals surface area contributed by atoms with Crippen molar-refractivity contribution in [2.24, 2.45) is 0 Å². The molecule has 30 heavy (non-hydrogen) atoms. The van der Waals surface area contributed by atoms with Gasteiger partial charge in [0.1, 0.15) is 11.3 Å². The van der Waals surface area contributed by atoms with Gasteiger partial charge in [-0.05, 0) is 25.5 Å². The van der Waals surface area contributed by atoms with Gasteiger partial charge in [0.2, 0.25) is 5.91 Å². The molecule has 1 saturated heterocycles. The maximum Gasteiger partial charge on any atom is 0.342 e. The van der Waals surface area contributed by atoms with Crippen molar-refractivity contribution in [3.8, 4) is 16.9 Å². The molecule has 152 valence electrons. The summed E-state index contributed by atoms with van der Waals surface area (Å²) < 4.78 is 6.86. The van der Waals surface area contributed by atoms with Crippen LogP contribution >= 0.6 is 0 Å². The van der Waals surface area contributed by atoms with Crippen molar-refractivity contribution in [2.45, 2.75) is 19.8 Å². The number of hydrogen-bond acceptors (Lipinski definition) is 5. The predicted molar refractivity (Wildman–Crippen MR) is 110 cm³/mol. The van der Waals surface area contributed by atoms with Crippen molar-refractivity contribution in [2.75, 3.05) is 13.2 Å². The van der Waals surface area contributed by atoms with E-state index in [1.807, 2.05) is 61.5 Å². The van der Waals surface area contributed by atoms with Gasteiger partial charge in [-0.2, -0.15) is 5.10 Å². The number of rotatable bonds is 5. The molecular weight excluding hydrogens is 382 g/mol. The number of carbonyl (C=O) groups is 3. The van der Waals surface area contributed by atoms with Gasteiger partial charge in [-0.15, -0.1) is 0 Å². The van der Waals surface area contributed by atoms with E-state index in [0.29, 0.717) is 25.1 Å². The third-order valence-electron chi connectivity index (χ3n) is 4.98. The molecule has 2 amide bonds. The van der Waals surface area contributed by atoms with Crippen LogP contribution in [-0.2, 0) is 14.3 Å². The van der Waals surface area contributed by atoms with E-state index in [0.717, 1.165) is 21.7 Å². The SMILES string of the molecule is Cc1ccc(-n2cc(C(=O)OCC(=O)N3CCCC3=O)c(-c3ccccc3)n2)cc1. The summed E-state index contributed by atoms with van der Waals surface area (Å²) in [7, 11) is 0. The van der Waals surface area contributed by atoms with Crippen molar-refractivity contribution in [3.63, 3.8) is 0 Å². The van der Waals surface area contributed by atoms with Crippen LogP contribution in [0.5, 0.6) is 0 Å². The lowest BCUT2D eigenvalue weighted by atomic mass is 10.1. The molecule has 1 aliphatic rings. The van der Waals surface area contributed by atoms with E-state index in [9.17, 15) is 14.4 Å². The molecule has 1 aromatic heterocycles. The van der Waals surface area contributed by atoms with Crippen LogP contribution in [0.15, 0.2) is 60.8 Å². The molecule has 3 aromatic rings. The number of hydrogen-bond donors (Lipinski definition) is 0. The number of benzene rings is 2. The number of carbonyl (C=O) groups excluding carboxylic acids is 3. The minimum atomic E-state index is -0.660. The highest BCUT2D eigenvalue weighted by molar-refractivity contribution is 6.00. The van der Waals surface area contributed by atoms with E-state index in [1.165, 1.54) is 0 Å². The van der Waals surface area contributed by atoms with Crippen LogP contribution in [0.25, 0.3) is 16.9 Å². The first-order valence-corrected chi connectivity index (χ1v) is 9.75. The average Bonchev–Trinajstić information content (AvgIpc) is 3.40. The van der Waals surface area contributed by atoms with Crippen molar-refractivity contribution in [3.05, 3.63) is 71.9 Å². The van der Waals surface area contributed by atoms with Crippen LogP contribution in [0.3, 0.4) is 0 Å². The highest BCUT2D eigenvalue weighted by Gasteiger charge is 2.28. The zero-order valence-electron chi connectivity index (χ0n) is 16.6. The maximum absolute atomic E-state index is 12.8. The van der Waals surface area contributed by atoms with Crippen molar-refractivity contribution < 1.29 is 19.1 Å². The molecule has 0 aliphatic carbocycles. The fourth-order valence-electron chi connectivity index (χ4n) is 3.36. The van der Waals surface area contributed by atoms with E-state index in [4.69, 9.17) is 4.74 Å². The quantitative estimate of drug-likeness (QED) is 0.611. The third-order valence-corrected chi connectivity index (χ3v) is 4.98. The lowest BCUT2D eigenvalue weighted by Gasteiger charge is -2.13. The number of aryl methyl sites for hydroxylation is 1. The Hall–Kier alpha value is -3.74. The normalized spacial score (nSPS) is 13.5. The molecule has 7 nitrogen and oxygen atoms in total. The van der Waals surface area contributed by atoms with E-state index in [-0.39, 0.29) is 11.5 Å². The summed E-state index contributed by atoms with van der Waals surface area (Å²) in [5.41, 5.74) is 3.39. The number of ether oxygens (including phenoxy) is 1. The minimum absolute atomic E-state index is 0.229. The van der Waals surface area contributed by atoms with Crippen molar-refractivity contribution in [1.82, 2.24) is 14.7 Å². The fraction of sp³-hybridized carbons (Fsp3) is 0.217. The molecule has 7 heteroatoms. The van der Waals surface area contributed by atoms with Crippen LogP contribution in [-0.4, -0.2) is 45.6 Å². The molecule has 0 bridgehead atoms. The molecule has 0 saturated carbocycles. The Labute approximate surface area is 173 Å². The van der Waals surface area contributed by atoms with Crippen LogP contribution in [0.1, 0.15) is 28.8 Å². The fourth-order valence-corrected chi connectivity index (χ4v) is 3.36. The van der Waals surface area contributed by atoms with Gasteiger partial charge in [0.05, 0.1) is 5.69 Å². The molecule has 0 spiro atoms. The summed E-state index contributed by atoms with van der Waals surface area (Å²) in [5.74, 6) is -1.39. The molecule has 2 aromatic carbocycles. The molecule has 1 fully saturated rings. The number of amides is 2. The van der Waals surface area contributed by atoms with Crippen LogP contribution in [0, 0.1) is 6.92 Å². The van der Waals surface area contributed by atoms with Gasteiger partial charge in [-0.3, -0.25) is 14.5 Å². The van der Waals surface area contributed by atoms with E-state index in [2.05, 4.69) is 5.10 Å². The molecule has 1 aliphatic heterocycles. The van der Waals surface area contributed by atoms with E-state index in [1.54, 1.807) is 10.9 Å². The van der Waals surface area contributed by atoms with Crippen LogP contribution < -0.4 is 0 Å². The first kappa shape index (κ1) is 19.6. The zero-order chi connectivity index (χ0) is 21.1. The number of nitrogens with zero attached hydrogens (tertiary/aromatic N) is 3. The monoisotopic (exact) mass is 403 g/mol. The van der Waals surface area contributed by atoms with E-state index >= 15 is 0 Å². The molecular formula is C23H21N3O4. The lowest BCUT2D eigenvalue weighted by Crippen LogP contribution is -2.35. The number of likely N-dealkylation sites (tertiary alicyclic amines) is 1. The highest BCUT2D eigenvalue weighted by atomic mass is 16.5. The summed E-state index contributed by atoms with van der Waals surface area (Å²) in [6.07, 6.45) is 2.59. The second-order valence-corrected chi connectivity index (χ2v) is 7.16. The topological polar surface area (TPSA) is 81.5 Å². The standard InChI is InChI=1S/C23H21N3O4/c1-16-9-11-18(12-10-16)26-14-19(22(24-26)17-6-3-2-4-7-17)23(29)30-15-21(28)25-13-5-8-20(25)27/h2-4,6-7,9-12,14H,5,8,13,15H2,1H3. The van der Waals surface area contributed by atoms with Crippen LogP contribution in [0.4, 0.5) is 0 Å². The van der Waals surface area contributed by atoms with Gasteiger partial charge < -0.3 is 4.74 Å². The summed E-state index contributed by atoms with van der Waals surface area (Å²) in [6.45, 7) is 1.89. The molecule has 0 atom stereocenters. The average molecular weight is 403 g/mol. The second-order valence-electron chi connectivity index (χ2n) is 7.16. The van der Waals surface area contributed by atoms with Gasteiger partial charge >= 0.3 is 5.97 Å². The van der Waals surface area contributed by atoms with Gasteiger partial charge in [0, 0.05) is 24.7 Å². The molecule has 0 N–H and O–H groups in total. The van der Waals surface area contributed by atoms with Gasteiger partial charge in [-0.1, -0.05) is 48.0 Å². The molecule has 2 heterocycles. The highest BCUT2D eigenvalue weighted by Crippen LogP contribution is 2.24. The maximum atomic E-state index is 12.8. The van der Waals surface area contributed by atoms with Gasteiger partial charge in [0.25, 0.3) is 5.91 Å². The summed E-state index contributed by atoms with van der Waals surface area (Å²) in [6, 6.07) is 17.1. The van der Waals surface area contributed by atoms with Crippen molar-refractivity contribution >= 4 is 17.8 Å². The minimum Gasteiger partial charge on any atom is -0.452 e.